The summed E-state index contributed by atoms with van der Waals surface area (Å²) in [5.41, 5.74) is 4.66. The first-order valence-corrected chi connectivity index (χ1v) is 6.58. The van der Waals surface area contributed by atoms with E-state index in [1.807, 2.05) is 0 Å². The van der Waals surface area contributed by atoms with Crippen LogP contribution < -0.4 is 12.8 Å². The van der Waals surface area contributed by atoms with Crippen LogP contribution in [0.5, 0.6) is 0 Å². The van der Waals surface area contributed by atoms with E-state index < -0.39 is 24.8 Å². The summed E-state index contributed by atoms with van der Waals surface area (Å²) < 4.78 is 9.72. The Kier molecular flexibility index (Phi) is 15.6. The van der Waals surface area contributed by atoms with Crippen LogP contribution >= 0.6 is 12.2 Å². The summed E-state index contributed by atoms with van der Waals surface area (Å²) in [6, 6.07) is 0. The molecule has 0 spiro atoms. The molecule has 3 nitrogen and oxygen atoms in total. The molecule has 0 saturated heterocycles. The van der Waals surface area contributed by atoms with Crippen LogP contribution in [0.15, 0.2) is 0 Å². The molecule has 41 valence electrons. The molecule has 0 aromatic heterocycles. The van der Waals surface area contributed by atoms with Crippen molar-refractivity contribution in [3.63, 3.8) is 0 Å². The summed E-state index contributed by atoms with van der Waals surface area (Å²) in [4.78, 5) is 0. The summed E-state index contributed by atoms with van der Waals surface area (Å²) in [5, 5.41) is 0. The van der Waals surface area contributed by atoms with Gasteiger partial charge >= 0.3 is 31.9 Å². The van der Waals surface area contributed by atoms with Crippen LogP contribution in [0.25, 0.3) is 0 Å². The van der Waals surface area contributed by atoms with Crippen molar-refractivity contribution in [3.8, 4) is 0 Å². The van der Waals surface area contributed by atoms with Crippen molar-refractivity contribution in [3.05, 3.63) is 0 Å². The molecule has 0 fully saturated rings. The van der Waals surface area contributed by atoms with Crippen molar-refractivity contribution >= 4 is 54.0 Å². The molecule has 0 atom stereocenters. The van der Waals surface area contributed by atoms with E-state index in [2.05, 4.69) is 30.6 Å². The molecule has 0 aromatic carbocycles. The zero-order valence-corrected chi connectivity index (χ0v) is 9.07. The van der Waals surface area contributed by atoms with E-state index in [1.54, 1.807) is 0 Å². The minimum absolute atomic E-state index is 0.0833. The number of rotatable bonds is 0. The first kappa shape index (κ1) is 10.8. The third kappa shape index (κ3) is 188. The molecule has 0 aliphatic heterocycles. The first-order valence-electron chi connectivity index (χ1n) is 1.27. The first-order chi connectivity index (χ1) is 3.15. The van der Waals surface area contributed by atoms with Crippen molar-refractivity contribution in [2.75, 3.05) is 0 Å². The summed E-state index contributed by atoms with van der Waals surface area (Å²) in [6.45, 7) is 0. The van der Waals surface area contributed by atoms with E-state index in [0.717, 1.165) is 0 Å². The van der Waals surface area contributed by atoms with Gasteiger partial charge in [-0.1, -0.05) is 4.32 Å². The Morgan fingerprint density at radius 3 is 1.57 bits per heavy atom. The molecule has 0 heterocycles. The third-order valence-corrected chi connectivity index (χ3v) is 0. The van der Waals surface area contributed by atoms with Crippen LogP contribution in [0, 0.1) is 0 Å². The van der Waals surface area contributed by atoms with Gasteiger partial charge in [0.05, 0.1) is 0 Å². The second-order valence-electron chi connectivity index (χ2n) is 0.486. The average molecular weight is 331 g/mol. The standard InChI is InChI=1S/CH3NS2.2H2N.Pb/c2-1(3)4;;;/h(H3,2,3,4);2*1H2;/q;2*-1;+3/p-1. The van der Waals surface area contributed by atoms with Crippen molar-refractivity contribution in [1.29, 1.82) is 0 Å². The van der Waals surface area contributed by atoms with Crippen LogP contribution in [0.3, 0.4) is 0 Å². The summed E-state index contributed by atoms with van der Waals surface area (Å²) >= 11 is 7.34. The molecule has 0 rings (SSSR count). The van der Waals surface area contributed by atoms with Gasteiger partial charge in [-0.3, -0.25) is 0 Å². The van der Waals surface area contributed by atoms with E-state index in [1.165, 1.54) is 0 Å². The summed E-state index contributed by atoms with van der Waals surface area (Å²) in [6.07, 6.45) is 0. The van der Waals surface area contributed by atoms with Gasteiger partial charge in [-0.25, -0.2) is 0 Å². The van der Waals surface area contributed by atoms with Crippen LogP contribution in [-0.2, 0) is 12.6 Å². The molecule has 6 heteroatoms. The quantitative estimate of drug-likeness (QED) is 0.278. The number of nitrogens with two attached hydrogens (primary N) is 3. The maximum atomic E-state index is 4.82. The monoisotopic (exact) mass is 332 g/mol. The van der Waals surface area contributed by atoms with Crippen LogP contribution in [0.1, 0.15) is 0 Å². The molecule has 7 heavy (non-hydrogen) atoms. The Morgan fingerprint density at radius 2 is 1.57 bits per heavy atom. The van der Waals surface area contributed by atoms with Gasteiger partial charge in [0.15, 0.2) is 0 Å². The molecular weight excluding hydrogens is 325 g/mol. The van der Waals surface area contributed by atoms with E-state index in [9.17, 15) is 0 Å². The molecule has 6 N–H and O–H groups in total. The molecular formula is CH6N3PbS2. The Hall–Kier alpha value is 0.952. The SMILES string of the molecule is NC(=S)[S-].[NH2][Pb+][NH2]. The predicted octanol–water partition coefficient (Wildman–Crippen LogP) is -1.79. The minimum atomic E-state index is -0.917. The van der Waals surface area contributed by atoms with Crippen molar-refractivity contribution < 1.29 is 0 Å². The Bertz CT molecular complexity index is 44.2. The van der Waals surface area contributed by atoms with Gasteiger partial charge in [0.2, 0.25) is 0 Å². The average Bonchev–Trinajstić information content (AvgIpc) is 1.33. The number of thiocarbonyl (C=S) groups is 1. The second-order valence-corrected chi connectivity index (χ2v) is 2.92. The van der Waals surface area contributed by atoms with Gasteiger partial charge in [-0.15, -0.1) is 0 Å². The van der Waals surface area contributed by atoms with Crippen LogP contribution in [-0.4, -0.2) is 29.2 Å². The Balaban J connectivity index is 0. The van der Waals surface area contributed by atoms with E-state index in [-0.39, 0.29) is 4.32 Å². The topological polar surface area (TPSA) is 78.1 Å². The Morgan fingerprint density at radius 1 is 1.57 bits per heavy atom. The van der Waals surface area contributed by atoms with E-state index in [4.69, 9.17) is 7.09 Å². The molecule has 0 unspecified atom stereocenters. The molecule has 0 amide bonds. The zero-order chi connectivity index (χ0) is 6.28. The van der Waals surface area contributed by atoms with Gasteiger partial charge in [0.25, 0.3) is 0 Å². The molecule has 0 aliphatic rings. The van der Waals surface area contributed by atoms with Crippen LogP contribution in [0.4, 0.5) is 0 Å². The second kappa shape index (κ2) is 10.0. The van der Waals surface area contributed by atoms with Crippen molar-refractivity contribution in [2.24, 2.45) is 12.8 Å². The number of hydrogen-bond donors (Lipinski definition) is 3. The van der Waals surface area contributed by atoms with Crippen LogP contribution in [0.2, 0.25) is 0 Å². The molecule has 0 aliphatic carbocycles. The van der Waals surface area contributed by atoms with Gasteiger partial charge in [-0.05, 0) is 0 Å². The van der Waals surface area contributed by atoms with Crippen molar-refractivity contribution in [2.45, 2.75) is 0 Å². The maximum absolute atomic E-state index is 4.82. The van der Waals surface area contributed by atoms with E-state index in [0.29, 0.717) is 0 Å². The van der Waals surface area contributed by atoms with Gasteiger partial charge < -0.3 is 30.6 Å². The summed E-state index contributed by atoms with van der Waals surface area (Å²) in [7, 11) is 0. The number of hydrogen-bond acceptors (Lipinski definition) is 4. The molecule has 1 radical (unpaired) electrons. The zero-order valence-electron chi connectivity index (χ0n) is 3.55. The summed E-state index contributed by atoms with van der Waals surface area (Å²) in [5.74, 6) is 0. The van der Waals surface area contributed by atoms with Gasteiger partial charge in [0, 0.05) is 0 Å². The van der Waals surface area contributed by atoms with Crippen molar-refractivity contribution in [1.82, 2.24) is 0 Å². The molecule has 0 saturated carbocycles. The fraction of sp³-hybridized carbons (Fsp3) is 0. The normalized spacial score (nSPS) is 5.43. The van der Waals surface area contributed by atoms with Gasteiger partial charge in [0.1, 0.15) is 0 Å². The Labute approximate surface area is 66.5 Å². The van der Waals surface area contributed by atoms with Gasteiger partial charge in [-0.2, -0.15) is 0 Å². The van der Waals surface area contributed by atoms with E-state index >= 15 is 0 Å². The molecule has 0 bridgehead atoms. The predicted molar refractivity (Wildman–Crippen MR) is 38.3 cm³/mol. The fourth-order valence-corrected chi connectivity index (χ4v) is 0. The third-order valence-electron chi connectivity index (χ3n) is 0. The molecule has 0 aromatic rings. The fourth-order valence-electron chi connectivity index (χ4n) is 0.